The first-order valence-electron chi connectivity index (χ1n) is 26.0. The number of carbonyl (C=O) groups excluding carboxylic acids is 7. The van der Waals surface area contributed by atoms with Crippen molar-refractivity contribution in [1.82, 2.24) is 5.32 Å². The van der Waals surface area contributed by atoms with Gasteiger partial charge in [-0.3, -0.25) is 9.59 Å². The summed E-state index contributed by atoms with van der Waals surface area (Å²) in [6.45, 7) is 24.9. The van der Waals surface area contributed by atoms with Crippen LogP contribution in [0.25, 0.3) is 0 Å². The second-order valence-electron chi connectivity index (χ2n) is 23.8. The van der Waals surface area contributed by atoms with E-state index in [4.69, 9.17) is 52.1 Å². The molecule has 1 aliphatic heterocycles. The van der Waals surface area contributed by atoms with Gasteiger partial charge in [0.05, 0.1) is 24.0 Å². The lowest BCUT2D eigenvalue weighted by atomic mass is 9.44. The molecule has 1 saturated heterocycles. The molecule has 1 amide bonds. The third-order valence-corrected chi connectivity index (χ3v) is 14.5. The summed E-state index contributed by atoms with van der Waals surface area (Å²) in [7, 11) is 0. The highest BCUT2D eigenvalue weighted by molar-refractivity contribution is 5.96. The Balaban J connectivity index is 1.66. The second kappa shape index (κ2) is 22.3. The molecule has 2 bridgehead atoms. The lowest BCUT2D eigenvalue weighted by Gasteiger charge is -2.66. The van der Waals surface area contributed by atoms with Gasteiger partial charge in [0.25, 0.3) is 0 Å². The minimum atomic E-state index is -2.50. The number of alkyl carbamates (subject to hydrolysis) is 1. The number of ether oxygens (including phenoxy) is 11. The van der Waals surface area contributed by atoms with Crippen LogP contribution in [-0.4, -0.2) is 136 Å². The van der Waals surface area contributed by atoms with Crippen LogP contribution >= 0.6 is 0 Å². The molecule has 6 rings (SSSR count). The van der Waals surface area contributed by atoms with Crippen molar-refractivity contribution >= 4 is 42.1 Å². The van der Waals surface area contributed by atoms with E-state index in [2.05, 4.69) is 5.32 Å². The zero-order valence-electron chi connectivity index (χ0n) is 47.1. The van der Waals surface area contributed by atoms with Crippen molar-refractivity contribution in [3.63, 3.8) is 0 Å². The highest BCUT2D eigenvalue weighted by Crippen LogP contribution is 2.65. The van der Waals surface area contributed by atoms with Gasteiger partial charge in [-0.2, -0.15) is 0 Å². The van der Waals surface area contributed by atoms with Crippen molar-refractivity contribution in [3.05, 3.63) is 82.9 Å². The lowest BCUT2D eigenvalue weighted by molar-refractivity contribution is -0.345. The van der Waals surface area contributed by atoms with Gasteiger partial charge >= 0.3 is 36.3 Å². The molecule has 3 aliphatic carbocycles. The van der Waals surface area contributed by atoms with Crippen LogP contribution in [-0.2, 0) is 66.5 Å². The van der Waals surface area contributed by atoms with Crippen molar-refractivity contribution < 1.29 is 90.8 Å². The summed E-state index contributed by atoms with van der Waals surface area (Å²) < 4.78 is 67.1. The molecule has 1 unspecified atom stereocenters. The number of fused-ring (bicyclic) bond motifs is 5. The number of ketones is 1. The lowest BCUT2D eigenvalue weighted by Crippen LogP contribution is -2.82. The van der Waals surface area contributed by atoms with Gasteiger partial charge in [0.1, 0.15) is 46.3 Å². The summed E-state index contributed by atoms with van der Waals surface area (Å²) in [5.74, 6) is -5.27. The van der Waals surface area contributed by atoms with Crippen molar-refractivity contribution in [2.45, 2.75) is 201 Å². The van der Waals surface area contributed by atoms with Crippen molar-refractivity contribution in [2.24, 2.45) is 16.7 Å². The number of amides is 1. The number of nitrogens with one attached hydrogen (secondary N) is 1. The van der Waals surface area contributed by atoms with E-state index in [-0.39, 0.29) is 36.3 Å². The molecule has 424 valence electrons. The van der Waals surface area contributed by atoms with Crippen LogP contribution in [0.15, 0.2) is 71.8 Å². The first-order chi connectivity index (χ1) is 35.6. The molecule has 12 atom stereocenters. The quantitative estimate of drug-likeness (QED) is 0.0593. The minimum Gasteiger partial charge on any atom is -0.456 e. The largest absolute Gasteiger partial charge is 0.517 e. The first-order valence-corrected chi connectivity index (χ1v) is 26.0. The number of Topliss-reactive ketones (excluding diaryl/α,β-unsaturated/α-hetero) is 1. The Hall–Kier alpha value is -6.09. The molecule has 0 radical (unpaired) electrons. The molecule has 3 fully saturated rings. The van der Waals surface area contributed by atoms with E-state index in [1.807, 2.05) is 0 Å². The summed E-state index contributed by atoms with van der Waals surface area (Å²) >= 11 is 0. The molecule has 20 heteroatoms. The van der Waals surface area contributed by atoms with Crippen LogP contribution < -0.4 is 5.32 Å². The summed E-state index contributed by atoms with van der Waals surface area (Å²) in [4.78, 5) is 99.3. The Labute approximate surface area is 450 Å². The van der Waals surface area contributed by atoms with Gasteiger partial charge < -0.3 is 67.3 Å². The molecule has 0 aromatic heterocycles. The molecule has 2 saturated carbocycles. The maximum Gasteiger partial charge on any atom is 0.517 e. The fourth-order valence-corrected chi connectivity index (χ4v) is 11.2. The SMILES string of the molecule is CCOC(C)O[C@@H](C(=O)O[C@H]1C[C@@]2(O)[C@@H](OC(=[OH+])c3ccccc3)[C@@H]3[C@]4(OC(C)=O)CO[C@@H]4C[C@H](OC(=O)OC(C)(C)C)[C@@]3(C)C(=O)[C@H](OC(=O)OC(C)(C)C)C(=C1C)C2(C)C)[C@@H](NC(=O)OC(C)(C)C)c1ccccc1. The van der Waals surface area contributed by atoms with Gasteiger partial charge in [0, 0.05) is 31.8 Å². The molecule has 0 spiro atoms. The Bertz CT molecular complexity index is 2560. The van der Waals surface area contributed by atoms with E-state index >= 15 is 9.59 Å². The van der Waals surface area contributed by atoms with Crippen molar-refractivity contribution in [3.8, 4) is 0 Å². The average molecular weight is 1080 g/mol. The Morgan fingerprint density at radius 3 is 1.90 bits per heavy atom. The number of benzene rings is 2. The normalized spacial score (nSPS) is 28.9. The van der Waals surface area contributed by atoms with Crippen molar-refractivity contribution in [1.29, 1.82) is 0 Å². The van der Waals surface area contributed by atoms with Gasteiger partial charge in [-0.1, -0.05) is 62.4 Å². The molecule has 20 nitrogen and oxygen atoms in total. The Morgan fingerprint density at radius 1 is 0.818 bits per heavy atom. The van der Waals surface area contributed by atoms with E-state index in [0.717, 1.165) is 6.92 Å². The third-order valence-electron chi connectivity index (χ3n) is 14.5. The standard InChI is InChI=1S/C57H77NO19/c1-17-67-33(4)69-42(40(34-24-20-18-21-25-34)58-48(63)75-51(5,6)7)47(62)70-36-29-57(66)45(73-46(61)35-26-22-19-23-27-35)43-55(16,44(60)41(39(31(36)2)54(57,14)15)72-50(65)77-53(11,12)13)37(71-49(64)76-52(8,9)10)28-38-56(43,30-68-38)74-32(3)59/h18-27,33,36-38,40-43,45,66H,17,28-30H2,1-16H3,(H,58,63)/p+1/t33?,36-,37-,38+,40-,41+,42+,43-,45-,55+,56-,57+/m0/s1. The molecular formula is C57H78NO19+. The number of esters is 3. The van der Waals surface area contributed by atoms with Gasteiger partial charge in [-0.15, -0.1) is 0 Å². The van der Waals surface area contributed by atoms with Gasteiger partial charge in [0.2, 0.25) is 6.10 Å². The van der Waals surface area contributed by atoms with Crippen LogP contribution in [0.3, 0.4) is 0 Å². The predicted molar refractivity (Wildman–Crippen MR) is 275 cm³/mol. The molecular weight excluding hydrogens is 1000 g/mol. The average Bonchev–Trinajstić information content (AvgIpc) is 3.29. The van der Waals surface area contributed by atoms with Crippen LogP contribution in [0.2, 0.25) is 0 Å². The molecule has 77 heavy (non-hydrogen) atoms. The second-order valence-corrected chi connectivity index (χ2v) is 23.8. The van der Waals surface area contributed by atoms with Crippen LogP contribution in [0.5, 0.6) is 0 Å². The number of rotatable bonds is 14. The number of hydrogen-bond donors (Lipinski definition) is 2. The van der Waals surface area contributed by atoms with E-state index in [9.17, 15) is 29.1 Å². The minimum absolute atomic E-state index is 0.0800. The van der Waals surface area contributed by atoms with E-state index < -0.39 is 142 Å². The van der Waals surface area contributed by atoms with Crippen molar-refractivity contribution in [2.75, 3.05) is 13.2 Å². The van der Waals surface area contributed by atoms with Crippen LogP contribution in [0.1, 0.15) is 141 Å². The fraction of sp³-hybridized carbons (Fsp3) is 0.632. The summed E-state index contributed by atoms with van der Waals surface area (Å²) in [5, 5.41) is 17.1. The van der Waals surface area contributed by atoms with Gasteiger partial charge in [0.15, 0.2) is 29.9 Å². The molecule has 1 heterocycles. The molecule has 4 aliphatic rings. The Kier molecular flexibility index (Phi) is 17.4. The highest BCUT2D eigenvalue weighted by atomic mass is 16.7. The van der Waals surface area contributed by atoms with E-state index in [1.54, 1.807) is 139 Å². The van der Waals surface area contributed by atoms with E-state index in [1.165, 1.54) is 26.0 Å². The monoisotopic (exact) mass is 1080 g/mol. The first kappa shape index (κ1) is 60.1. The van der Waals surface area contributed by atoms with Crippen LogP contribution in [0.4, 0.5) is 14.4 Å². The highest BCUT2D eigenvalue weighted by Gasteiger charge is 2.81. The summed E-state index contributed by atoms with van der Waals surface area (Å²) in [6, 6.07) is 15.2. The Morgan fingerprint density at radius 2 is 1.38 bits per heavy atom. The third kappa shape index (κ3) is 12.8. The summed E-state index contributed by atoms with van der Waals surface area (Å²) in [6.07, 6.45) is -15.3. The topological polar surface area (TPSA) is 258 Å². The smallest absolute Gasteiger partial charge is 0.456 e. The zero-order valence-corrected chi connectivity index (χ0v) is 47.1. The number of aliphatic hydroxyl groups is 1. The zero-order chi connectivity index (χ0) is 57.4. The molecule has 3 N–H and O–H groups in total. The summed E-state index contributed by atoms with van der Waals surface area (Å²) in [5.41, 5.74) is -11.0. The van der Waals surface area contributed by atoms with Crippen LogP contribution in [0, 0.1) is 16.7 Å². The van der Waals surface area contributed by atoms with Gasteiger partial charge in [-0.05, 0) is 119 Å². The maximum absolute atomic E-state index is 16.6. The fourth-order valence-electron chi connectivity index (χ4n) is 11.2. The maximum atomic E-state index is 16.6. The van der Waals surface area contributed by atoms with Gasteiger partial charge in [-0.25, -0.2) is 19.2 Å². The predicted octanol–water partition coefficient (Wildman–Crippen LogP) is 8.30. The molecule has 2 aromatic rings. The van der Waals surface area contributed by atoms with E-state index in [0.29, 0.717) is 5.56 Å². The number of hydrogen-bond acceptors (Lipinski definition) is 18. The molecule has 2 aromatic carbocycles. The number of carbonyl (C=O) groups is 6.